The molecular formula is C82H93BrN6O6S2. The lowest BCUT2D eigenvalue weighted by molar-refractivity contribution is -0.777. The van der Waals surface area contributed by atoms with Gasteiger partial charge in [0, 0.05) is 133 Å². The predicted octanol–water partition coefficient (Wildman–Crippen LogP) is 15.3. The number of hydrogen-bond acceptors (Lipinski definition) is 11. The molecule has 0 fully saturated rings. The number of benzene rings is 9. The van der Waals surface area contributed by atoms with Crippen LogP contribution in [0.25, 0.3) is 43.1 Å². The van der Waals surface area contributed by atoms with Gasteiger partial charge in [-0.15, -0.1) is 0 Å². The number of nitrogens with one attached hydrogen (secondary N) is 1. The van der Waals surface area contributed by atoms with Crippen LogP contribution < -0.4 is 38.5 Å². The Morgan fingerprint density at radius 2 is 0.845 bits per heavy atom. The Morgan fingerprint density at radius 1 is 0.443 bits per heavy atom. The maximum atomic E-state index is 10.0. The molecule has 9 aromatic carbocycles. The molecule has 15 heteroatoms. The average molecular weight is 1400 g/mol. The molecule has 0 amide bonds. The van der Waals surface area contributed by atoms with Crippen molar-refractivity contribution in [3.8, 4) is 0 Å². The number of nitrogens with zero attached hydrogens (tertiary/aromatic N) is 4. The highest BCUT2D eigenvalue weighted by Gasteiger charge is 2.47. The van der Waals surface area contributed by atoms with Gasteiger partial charge in [-0.25, -0.2) is 0 Å². The van der Waals surface area contributed by atoms with E-state index in [0.717, 1.165) is 99.5 Å². The Labute approximate surface area is 592 Å². The number of hydrogen-bond donors (Lipinski definition) is 2. The first-order chi connectivity index (χ1) is 46.4. The Hall–Kier alpha value is -7.38. The van der Waals surface area contributed by atoms with E-state index in [0.29, 0.717) is 5.75 Å². The van der Waals surface area contributed by atoms with Crippen LogP contribution in [0.4, 0.5) is 28.4 Å². The molecule has 0 spiro atoms. The van der Waals surface area contributed by atoms with Crippen molar-refractivity contribution in [1.29, 1.82) is 0 Å². The topological polar surface area (TPSA) is 142 Å². The third kappa shape index (κ3) is 16.2. The van der Waals surface area contributed by atoms with Crippen LogP contribution in [0, 0.1) is 0 Å². The van der Waals surface area contributed by atoms with E-state index < -0.39 is 0 Å². The summed E-state index contributed by atoms with van der Waals surface area (Å²) in [6.07, 6.45) is 17.3. The Morgan fingerprint density at radius 3 is 1.32 bits per heavy atom. The maximum absolute atomic E-state index is 10.0. The van der Waals surface area contributed by atoms with Crippen molar-refractivity contribution in [3.63, 3.8) is 0 Å². The molecule has 12 nitrogen and oxygen atoms in total. The van der Waals surface area contributed by atoms with Crippen LogP contribution in [-0.4, -0.2) is 74.3 Å². The van der Waals surface area contributed by atoms with Gasteiger partial charge in [0.25, 0.3) is 0 Å². The largest absolute Gasteiger partial charge is 1.00 e. The van der Waals surface area contributed by atoms with Gasteiger partial charge in [-0.2, -0.15) is 22.4 Å². The number of para-hydroxylation sites is 1. The molecule has 4 aliphatic rings. The molecule has 0 saturated heterocycles. The summed E-state index contributed by atoms with van der Waals surface area (Å²) in [5.74, 6) is 1.46. The zero-order valence-electron chi connectivity index (χ0n) is 58.0. The summed E-state index contributed by atoms with van der Waals surface area (Å²) in [4.78, 5) is 4.67. The third-order valence-electron chi connectivity index (χ3n) is 19.9. The van der Waals surface area contributed by atoms with Gasteiger partial charge in [-0.05, 0) is 159 Å². The van der Waals surface area contributed by atoms with Gasteiger partial charge < -0.3 is 38.5 Å². The molecule has 0 atom stereocenters. The SMILES string of the molecule is CC1(C)C(/C=C/C=C/C=C/Nc2ccccc2)=[N+](CCCCSOO[O-])c2ccc3ccccc3c21.CC1=Nc2ccc3ccccc3c2C1(C)C.CC1=[N+](CCCCSOO[O-])c2ccc3ccccc3c2C1(C)C.CC1=[N+](CCCN)c2ccc3ccccc3c2C1(C)C.[Br-]. The number of rotatable bonds is 22. The van der Waals surface area contributed by atoms with E-state index in [9.17, 15) is 10.5 Å². The number of nitrogens with two attached hydrogens (primary N) is 1. The standard InChI is InChI=1S/C30H32N2O3S.C19H23NO3S.C18H23N2.C15H15N.BrH/c1-30(2)28(18-8-3-4-11-21-31-25-15-6-5-7-16-25)32(22-12-13-23-36-35-34-33)27-20-19-24-14-9-10-17-26(24)29(27)30;1-14-19(2,3)18-16-9-5-4-8-15(16)10-11-17(18)20(14)12-6-7-13-24-23-22-21;1-13-18(2,3)17-15-8-5-4-7-14(15)9-10-16(17)20(13)12-6-11-19;1-10-15(2,3)14-12-7-5-4-6-11(12)8-9-13(14)16-10;/h3-11,14-21,33H,12-13,22-23H2,1-2H3;4-5,8-11H,6-7,12-13H2,1-3H3;4-5,7-10H,6,11-12,19H2,1-3H3;4-9H,1-3H3;1H/q;;+1;;/p-1. The number of aliphatic imine (C=N–C) groups is 1. The molecule has 506 valence electrons. The molecule has 9 aromatic rings. The molecule has 4 heterocycles. The lowest BCUT2D eigenvalue weighted by atomic mass is 9.79. The molecule has 0 saturated carbocycles. The summed E-state index contributed by atoms with van der Waals surface area (Å²) in [6.45, 7) is 28.6. The summed E-state index contributed by atoms with van der Waals surface area (Å²) in [7, 11) is 0. The minimum absolute atomic E-state index is 0. The van der Waals surface area contributed by atoms with Crippen molar-refractivity contribution < 1.29 is 60.0 Å². The van der Waals surface area contributed by atoms with E-state index in [1.807, 2.05) is 48.7 Å². The molecule has 97 heavy (non-hydrogen) atoms. The molecular weight excluding hydrogens is 1310 g/mol. The molecule has 0 aromatic heterocycles. The number of allylic oxidation sites excluding steroid dienone is 5. The Kier molecular flexibility index (Phi) is 25.5. The molecule has 0 unspecified atom stereocenters. The second-order valence-corrected chi connectivity index (χ2v) is 28.6. The smallest absolute Gasteiger partial charge is 0.210 e. The molecule has 3 N–H and O–H groups in total. The van der Waals surface area contributed by atoms with Crippen LogP contribution in [0.2, 0.25) is 0 Å². The van der Waals surface area contributed by atoms with Gasteiger partial charge in [0.15, 0.2) is 17.1 Å². The van der Waals surface area contributed by atoms with E-state index >= 15 is 0 Å². The minimum Gasteiger partial charge on any atom is -1.00 e. The van der Waals surface area contributed by atoms with Crippen molar-refractivity contribution >= 4 is 118 Å². The van der Waals surface area contributed by atoms with Crippen molar-refractivity contribution in [2.24, 2.45) is 10.7 Å². The van der Waals surface area contributed by atoms with E-state index in [1.54, 1.807) is 0 Å². The number of halogens is 1. The summed E-state index contributed by atoms with van der Waals surface area (Å²) in [5, 5.41) is 40.4. The van der Waals surface area contributed by atoms with Gasteiger partial charge in [0.2, 0.25) is 17.1 Å². The quantitative estimate of drug-likeness (QED) is 0.0168. The fourth-order valence-corrected chi connectivity index (χ4v) is 15.1. The zero-order valence-corrected chi connectivity index (χ0v) is 61.2. The Balaban J connectivity index is 0.000000158. The van der Waals surface area contributed by atoms with Crippen LogP contribution in [0.1, 0.15) is 131 Å². The molecule has 0 radical (unpaired) electrons. The molecule has 13 rings (SSSR count). The van der Waals surface area contributed by atoms with Crippen LogP contribution in [0.3, 0.4) is 0 Å². The van der Waals surface area contributed by atoms with Crippen molar-refractivity contribution in [2.75, 3.05) is 43.0 Å². The second kappa shape index (κ2) is 33.4. The van der Waals surface area contributed by atoms with Crippen LogP contribution in [0.5, 0.6) is 0 Å². The van der Waals surface area contributed by atoms with E-state index in [1.165, 1.54) is 105 Å². The zero-order chi connectivity index (χ0) is 68.0. The van der Waals surface area contributed by atoms with Gasteiger partial charge in [0.05, 0.1) is 21.9 Å². The first kappa shape index (κ1) is 73.9. The summed E-state index contributed by atoms with van der Waals surface area (Å²) < 4.78 is 16.0. The Bertz CT molecular complexity index is 4480. The fraction of sp³-hybridized carbons (Fsp3) is 0.317. The van der Waals surface area contributed by atoms with Crippen molar-refractivity contribution in [1.82, 2.24) is 0 Å². The molecule has 0 bridgehead atoms. The van der Waals surface area contributed by atoms with Crippen LogP contribution in [-0.2, 0) is 40.4 Å². The van der Waals surface area contributed by atoms with Gasteiger partial charge in [-0.3, -0.25) is 15.1 Å². The minimum atomic E-state index is -0.139. The second-order valence-electron chi connectivity index (χ2n) is 27.0. The molecule has 4 aliphatic heterocycles. The van der Waals surface area contributed by atoms with E-state index in [4.69, 9.17) is 5.73 Å². The lowest BCUT2D eigenvalue weighted by Crippen LogP contribution is -3.00. The van der Waals surface area contributed by atoms with Crippen molar-refractivity contribution in [2.45, 2.75) is 130 Å². The van der Waals surface area contributed by atoms with Gasteiger partial charge >= 0.3 is 0 Å². The average Bonchev–Trinajstić information content (AvgIpc) is 1.61. The third-order valence-corrected chi connectivity index (χ3v) is 21.1. The first-order valence-corrected chi connectivity index (χ1v) is 35.4. The lowest BCUT2D eigenvalue weighted by Gasteiger charge is -2.21. The normalized spacial score (nSPS) is 15.9. The van der Waals surface area contributed by atoms with E-state index in [2.05, 4.69) is 283 Å². The maximum Gasteiger partial charge on any atom is 0.210 e. The van der Waals surface area contributed by atoms with E-state index in [-0.39, 0.29) is 38.6 Å². The summed E-state index contributed by atoms with van der Waals surface area (Å²) in [5.41, 5.74) is 22.8. The van der Waals surface area contributed by atoms with Gasteiger partial charge in [0.1, 0.15) is 19.6 Å². The highest BCUT2D eigenvalue weighted by atomic mass is 79.9. The number of anilines is 1. The van der Waals surface area contributed by atoms with Crippen LogP contribution in [0.15, 0.2) is 217 Å². The van der Waals surface area contributed by atoms with Crippen LogP contribution >= 0.6 is 24.1 Å². The summed E-state index contributed by atoms with van der Waals surface area (Å²) in [6, 6.07) is 62.3. The highest BCUT2D eigenvalue weighted by Crippen LogP contribution is 2.48. The fourth-order valence-electron chi connectivity index (χ4n) is 14.3. The first-order valence-electron chi connectivity index (χ1n) is 33.6. The molecule has 0 aliphatic carbocycles. The number of unbranched alkanes of at least 4 members (excludes halogenated alkanes) is 2. The van der Waals surface area contributed by atoms with Gasteiger partial charge in [-0.1, -0.05) is 153 Å². The number of fused-ring (bicyclic) bond motifs is 12. The monoisotopic (exact) mass is 1400 g/mol. The summed E-state index contributed by atoms with van der Waals surface area (Å²) >= 11 is 2.11. The highest BCUT2D eigenvalue weighted by molar-refractivity contribution is 7.94. The predicted molar refractivity (Wildman–Crippen MR) is 400 cm³/mol. The van der Waals surface area contributed by atoms with Crippen molar-refractivity contribution in [3.05, 3.63) is 235 Å².